The van der Waals surface area contributed by atoms with E-state index in [0.717, 1.165) is 13.0 Å². The Hall–Kier alpha value is -3.14. The van der Waals surface area contributed by atoms with Gasteiger partial charge in [0.2, 0.25) is 5.91 Å². The van der Waals surface area contributed by atoms with Crippen LogP contribution < -0.4 is 21.5 Å². The van der Waals surface area contributed by atoms with Crippen molar-refractivity contribution in [2.24, 2.45) is 5.92 Å². The number of allylic oxidation sites excluding steroid dienone is 1. The Bertz CT molecular complexity index is 978. The predicted molar refractivity (Wildman–Crippen MR) is 144 cm³/mol. The zero-order chi connectivity index (χ0) is 28.2. The van der Waals surface area contributed by atoms with Crippen molar-refractivity contribution < 1.29 is 23.9 Å². The largest absolute Gasteiger partial charge is 0.460 e. The second-order valence-corrected chi connectivity index (χ2v) is 10.6. The molecule has 1 heterocycles. The summed E-state index contributed by atoms with van der Waals surface area (Å²) in [6.07, 6.45) is 4.68. The van der Waals surface area contributed by atoms with Crippen molar-refractivity contribution in [3.8, 4) is 0 Å². The quantitative estimate of drug-likeness (QED) is 0.264. The molecule has 0 aliphatic heterocycles. The minimum Gasteiger partial charge on any atom is -0.460 e. The number of hydrogen-bond donors (Lipinski definition) is 3. The number of esters is 1. The summed E-state index contributed by atoms with van der Waals surface area (Å²) in [7, 11) is 0. The Morgan fingerprint density at radius 3 is 2.35 bits per heavy atom. The Morgan fingerprint density at radius 1 is 1.08 bits per heavy atom. The average molecular weight is 521 g/mol. The molecule has 0 spiro atoms. The minimum atomic E-state index is -1.00. The van der Waals surface area contributed by atoms with Gasteiger partial charge in [-0.2, -0.15) is 0 Å². The van der Waals surface area contributed by atoms with Crippen molar-refractivity contribution in [3.05, 3.63) is 40.8 Å². The molecule has 0 fully saturated rings. The molecule has 1 unspecified atom stereocenters. The molecule has 2 atom stereocenters. The zero-order valence-corrected chi connectivity index (χ0v) is 23.4. The van der Waals surface area contributed by atoms with Crippen LogP contribution in [0.2, 0.25) is 0 Å². The van der Waals surface area contributed by atoms with Crippen LogP contribution in [-0.4, -0.2) is 46.8 Å². The fourth-order valence-corrected chi connectivity index (χ4v) is 3.24. The topological polar surface area (TPSA) is 128 Å². The summed E-state index contributed by atoms with van der Waals surface area (Å²) in [6, 6.07) is 2.19. The first-order valence-electron chi connectivity index (χ1n) is 12.8. The normalized spacial score (nSPS) is 13.5. The van der Waals surface area contributed by atoms with Gasteiger partial charge in [0.05, 0.1) is 12.3 Å². The van der Waals surface area contributed by atoms with Crippen LogP contribution in [0.1, 0.15) is 80.8 Å². The van der Waals surface area contributed by atoms with Crippen LogP contribution in [0.5, 0.6) is 0 Å². The first kappa shape index (κ1) is 31.9. The molecule has 10 nitrogen and oxygen atoms in total. The fourth-order valence-electron chi connectivity index (χ4n) is 3.24. The summed E-state index contributed by atoms with van der Waals surface area (Å²) in [5.41, 5.74) is -1.03. The molecule has 0 aliphatic rings. The third-order valence-electron chi connectivity index (χ3n) is 5.05. The van der Waals surface area contributed by atoms with E-state index in [9.17, 15) is 19.2 Å². The van der Waals surface area contributed by atoms with E-state index in [4.69, 9.17) is 9.47 Å². The third kappa shape index (κ3) is 13.1. The molecule has 208 valence electrons. The molecule has 10 heteroatoms. The van der Waals surface area contributed by atoms with Gasteiger partial charge in [-0.05, 0) is 85.4 Å². The van der Waals surface area contributed by atoms with Crippen LogP contribution in [0.3, 0.4) is 0 Å². The van der Waals surface area contributed by atoms with E-state index in [2.05, 4.69) is 29.8 Å². The number of hydrogen-bond acceptors (Lipinski definition) is 7. The van der Waals surface area contributed by atoms with E-state index in [1.165, 1.54) is 16.7 Å². The molecular weight excluding hydrogens is 476 g/mol. The highest BCUT2D eigenvalue weighted by atomic mass is 16.6. The number of pyridine rings is 1. The lowest BCUT2D eigenvalue weighted by atomic mass is 10.1. The maximum Gasteiger partial charge on any atom is 0.408 e. The van der Waals surface area contributed by atoms with Crippen molar-refractivity contribution in [2.45, 2.75) is 98.6 Å². The van der Waals surface area contributed by atoms with E-state index in [-0.39, 0.29) is 29.9 Å². The van der Waals surface area contributed by atoms with Crippen LogP contribution in [0, 0.1) is 5.92 Å². The average Bonchev–Trinajstić information content (AvgIpc) is 2.75. The number of carbonyl (C=O) groups excluding carboxylic acids is 3. The number of nitrogens with zero attached hydrogens (tertiary/aromatic N) is 1. The molecule has 3 N–H and O–H groups in total. The van der Waals surface area contributed by atoms with E-state index < -0.39 is 29.6 Å². The minimum absolute atomic E-state index is 0.0945. The van der Waals surface area contributed by atoms with Crippen LogP contribution in [0.25, 0.3) is 0 Å². The number of nitrogens with one attached hydrogen (secondary N) is 3. The van der Waals surface area contributed by atoms with Crippen molar-refractivity contribution in [2.75, 3.05) is 11.9 Å². The maximum absolute atomic E-state index is 13.1. The molecule has 0 saturated heterocycles. The molecule has 1 aromatic rings. The van der Waals surface area contributed by atoms with Gasteiger partial charge in [-0.3, -0.25) is 19.5 Å². The van der Waals surface area contributed by atoms with Crippen LogP contribution >= 0.6 is 0 Å². The van der Waals surface area contributed by atoms with Gasteiger partial charge in [0, 0.05) is 12.3 Å². The molecule has 1 aromatic heterocycles. The first-order chi connectivity index (χ1) is 17.2. The molecule has 37 heavy (non-hydrogen) atoms. The summed E-state index contributed by atoms with van der Waals surface area (Å²) < 4.78 is 11.8. The third-order valence-corrected chi connectivity index (χ3v) is 5.05. The van der Waals surface area contributed by atoms with Crippen molar-refractivity contribution >= 4 is 23.7 Å². The molecule has 0 aliphatic carbocycles. The smallest absolute Gasteiger partial charge is 0.408 e. The Labute approximate surface area is 220 Å². The van der Waals surface area contributed by atoms with Gasteiger partial charge < -0.3 is 20.1 Å². The molecule has 0 aromatic carbocycles. The second kappa shape index (κ2) is 15.2. The molecule has 2 amide bonds. The fraction of sp³-hybridized carbons (Fsp3) is 0.630. The Balaban J connectivity index is 2.97. The van der Waals surface area contributed by atoms with Crippen LogP contribution in [0.15, 0.2) is 35.3 Å². The van der Waals surface area contributed by atoms with Gasteiger partial charge in [0.15, 0.2) is 0 Å². The maximum atomic E-state index is 13.1. The lowest BCUT2D eigenvalue weighted by Crippen LogP contribution is -2.46. The molecular formula is C27H44N4O6. The first-order valence-corrected chi connectivity index (χ1v) is 12.8. The predicted octanol–water partition coefficient (Wildman–Crippen LogP) is 4.12. The number of anilines is 1. The number of ether oxygens (including phenoxy) is 2. The van der Waals surface area contributed by atoms with E-state index in [1.807, 2.05) is 6.92 Å². The number of rotatable bonds is 13. The van der Waals surface area contributed by atoms with Gasteiger partial charge in [0.1, 0.15) is 17.3 Å². The number of alkyl carbamates (subject to hydrolysis) is 1. The molecule has 0 bridgehead atoms. The van der Waals surface area contributed by atoms with Crippen molar-refractivity contribution in [1.82, 2.24) is 15.2 Å². The van der Waals surface area contributed by atoms with Crippen molar-refractivity contribution in [3.63, 3.8) is 0 Å². The van der Waals surface area contributed by atoms with E-state index in [0.29, 0.717) is 12.3 Å². The summed E-state index contributed by atoms with van der Waals surface area (Å²) >= 11 is 0. The van der Waals surface area contributed by atoms with Gasteiger partial charge in [-0.15, -0.1) is 0 Å². The highest BCUT2D eigenvalue weighted by Gasteiger charge is 2.25. The molecule has 1 rings (SSSR count). The van der Waals surface area contributed by atoms with Crippen molar-refractivity contribution in [1.29, 1.82) is 0 Å². The molecule has 0 saturated carbocycles. The van der Waals surface area contributed by atoms with Gasteiger partial charge >= 0.3 is 12.1 Å². The Kier molecular flexibility index (Phi) is 13.1. The highest BCUT2D eigenvalue weighted by molar-refractivity contribution is 5.96. The number of carbonyl (C=O) groups is 3. The SMILES string of the molecule is CC(C)CCNC(C)n1cccc(NC(=O)[C@H](CC/C=C/C(=O)OC(C)C)NC(=O)OC(C)(C)C)c1=O. The van der Waals surface area contributed by atoms with Gasteiger partial charge in [-0.1, -0.05) is 19.9 Å². The monoisotopic (exact) mass is 520 g/mol. The Morgan fingerprint density at radius 2 is 1.76 bits per heavy atom. The highest BCUT2D eigenvalue weighted by Crippen LogP contribution is 2.10. The summed E-state index contributed by atoms with van der Waals surface area (Å²) in [5.74, 6) is -0.525. The number of amides is 2. The number of aromatic nitrogens is 1. The lowest BCUT2D eigenvalue weighted by molar-refractivity contribution is -0.141. The van der Waals surface area contributed by atoms with E-state index >= 15 is 0 Å². The standard InChI is InChI=1S/C27H44N4O6/c1-18(2)15-16-28-20(5)31-17-11-13-22(25(31)34)29-24(33)21(30-26(35)37-27(6,7)8)12-9-10-14-23(32)36-19(3)4/h10-11,13-14,17-21,28H,9,12,15-16H2,1-8H3,(H,29,33)(H,30,35)/b14-10+/t20?,21-/m0/s1. The summed E-state index contributed by atoms with van der Waals surface area (Å²) in [5, 5.41) is 8.51. The van der Waals surface area contributed by atoms with Gasteiger partial charge in [0.25, 0.3) is 5.56 Å². The summed E-state index contributed by atoms with van der Waals surface area (Å²) in [6.45, 7) is 15.5. The lowest BCUT2D eigenvalue weighted by Gasteiger charge is -2.23. The van der Waals surface area contributed by atoms with Crippen LogP contribution in [0.4, 0.5) is 10.5 Å². The van der Waals surface area contributed by atoms with Crippen LogP contribution in [-0.2, 0) is 19.1 Å². The zero-order valence-electron chi connectivity index (χ0n) is 23.4. The van der Waals surface area contributed by atoms with Gasteiger partial charge in [-0.25, -0.2) is 9.59 Å². The summed E-state index contributed by atoms with van der Waals surface area (Å²) in [4.78, 5) is 50.2. The second-order valence-electron chi connectivity index (χ2n) is 10.6. The van der Waals surface area contributed by atoms with E-state index in [1.54, 1.807) is 53.0 Å². The molecule has 0 radical (unpaired) electrons.